The predicted octanol–water partition coefficient (Wildman–Crippen LogP) is 6.19. The van der Waals surface area contributed by atoms with Gasteiger partial charge in [0.25, 0.3) is 0 Å². The van der Waals surface area contributed by atoms with Gasteiger partial charge in [-0.1, -0.05) is 60.3 Å². The van der Waals surface area contributed by atoms with Crippen LogP contribution in [0.2, 0.25) is 0 Å². The number of hydrogen-bond donors (Lipinski definition) is 0. The largest absolute Gasteiger partial charge is 0.479 e. The zero-order valence-electron chi connectivity index (χ0n) is 20.5. The van der Waals surface area contributed by atoms with Crippen LogP contribution < -0.4 is 0 Å². The van der Waals surface area contributed by atoms with Crippen molar-refractivity contribution in [3.05, 3.63) is 83.4 Å². The zero-order valence-corrected chi connectivity index (χ0v) is 21.3. The van der Waals surface area contributed by atoms with E-state index >= 15 is 0 Å². The van der Waals surface area contributed by atoms with Crippen LogP contribution in [0.4, 0.5) is 8.78 Å². The Morgan fingerprint density at radius 2 is 1.91 bits per heavy atom. The molecule has 5 nitrogen and oxygen atoms in total. The fourth-order valence-electron chi connectivity index (χ4n) is 3.76. The second-order valence-corrected chi connectivity index (χ2v) is 9.22. The monoisotopic (exact) mass is 501 g/mol. The molecule has 2 unspecified atom stereocenters. The Morgan fingerprint density at radius 1 is 1.17 bits per heavy atom. The summed E-state index contributed by atoms with van der Waals surface area (Å²) in [6.07, 6.45) is 2.61. The first-order valence-corrected chi connectivity index (χ1v) is 12.8. The normalized spacial score (nSPS) is 16.9. The number of dihydropyridines is 1. The molecule has 0 saturated carbocycles. The molecular formula is C27H33F2N3O2S. The van der Waals surface area contributed by atoms with Gasteiger partial charge in [0.05, 0.1) is 25.9 Å². The number of rotatable bonds is 10. The number of amidine groups is 1. The van der Waals surface area contributed by atoms with E-state index in [-0.39, 0.29) is 30.5 Å². The Morgan fingerprint density at radius 3 is 2.63 bits per heavy atom. The van der Waals surface area contributed by atoms with Gasteiger partial charge in [0.15, 0.2) is 11.0 Å². The van der Waals surface area contributed by atoms with Gasteiger partial charge in [-0.15, -0.1) is 0 Å². The lowest BCUT2D eigenvalue weighted by molar-refractivity contribution is 0.0364. The minimum absolute atomic E-state index is 0.0500. The topological polar surface area (TPSA) is 46.4 Å². The molecule has 2 aromatic rings. The van der Waals surface area contributed by atoms with Gasteiger partial charge >= 0.3 is 0 Å². The molecule has 1 aliphatic heterocycles. The minimum atomic E-state index is -0.412. The SMILES string of the molecule is CC/N=C(/SCCC(OCc1ccccc1F)c1ccccc1)N(C)CC1CC=C(F)C(OC)=N1. The van der Waals surface area contributed by atoms with Crippen LogP contribution in [0, 0.1) is 5.82 Å². The van der Waals surface area contributed by atoms with Crippen molar-refractivity contribution in [1.82, 2.24) is 4.90 Å². The van der Waals surface area contributed by atoms with E-state index in [1.165, 1.54) is 19.3 Å². The third-order valence-corrected chi connectivity index (χ3v) is 6.69. The third kappa shape index (κ3) is 8.18. The number of methoxy groups -OCH3 is 1. The maximum absolute atomic E-state index is 14.1. The Balaban J connectivity index is 1.60. The molecule has 3 rings (SSSR count). The molecule has 0 N–H and O–H groups in total. The van der Waals surface area contributed by atoms with E-state index in [0.717, 1.165) is 22.9 Å². The lowest BCUT2D eigenvalue weighted by atomic mass is 10.1. The second kappa shape index (κ2) is 14.0. The Hall–Kier alpha value is -2.71. The first-order valence-electron chi connectivity index (χ1n) is 11.8. The molecule has 0 amide bonds. The average molecular weight is 502 g/mol. The molecule has 2 aromatic carbocycles. The maximum Gasteiger partial charge on any atom is 0.245 e. The highest BCUT2D eigenvalue weighted by atomic mass is 32.2. The molecule has 0 radical (unpaired) electrons. The van der Waals surface area contributed by atoms with Crippen LogP contribution in [0.1, 0.15) is 37.0 Å². The predicted molar refractivity (Wildman–Crippen MR) is 140 cm³/mol. The quantitative estimate of drug-likeness (QED) is 0.288. The number of likely N-dealkylation sites (N-methyl/N-ethyl adjacent to an activating group) is 1. The van der Waals surface area contributed by atoms with E-state index in [1.54, 1.807) is 23.9 Å². The highest BCUT2D eigenvalue weighted by molar-refractivity contribution is 8.13. The second-order valence-electron chi connectivity index (χ2n) is 8.16. The standard InChI is InChI=1S/C27H33F2N3O2S/c1-4-30-27(32(2)18-22-14-15-24(29)26(31-22)33-3)35-17-16-25(20-10-6-5-7-11-20)34-19-21-12-8-9-13-23(21)28/h5-13,15,22,25H,4,14,16-19H2,1-3H3/b30-27+. The summed E-state index contributed by atoms with van der Waals surface area (Å²) >= 11 is 1.65. The number of nitrogens with zero attached hydrogens (tertiary/aromatic N) is 3. The molecule has 0 fully saturated rings. The summed E-state index contributed by atoms with van der Waals surface area (Å²) in [7, 11) is 3.40. The van der Waals surface area contributed by atoms with Crippen molar-refractivity contribution in [2.24, 2.45) is 9.98 Å². The van der Waals surface area contributed by atoms with Gasteiger partial charge in [0.2, 0.25) is 5.90 Å². The molecule has 0 aromatic heterocycles. The van der Waals surface area contributed by atoms with Crippen molar-refractivity contribution >= 4 is 22.8 Å². The van der Waals surface area contributed by atoms with Crippen LogP contribution >= 0.6 is 11.8 Å². The van der Waals surface area contributed by atoms with Gasteiger partial charge in [-0.2, -0.15) is 0 Å². The third-order valence-electron chi connectivity index (χ3n) is 5.55. The summed E-state index contributed by atoms with van der Waals surface area (Å²) in [5.41, 5.74) is 1.60. The van der Waals surface area contributed by atoms with Crippen LogP contribution in [-0.4, -0.2) is 55.0 Å². The lowest BCUT2D eigenvalue weighted by Gasteiger charge is -2.26. The number of thioether (sulfide) groups is 1. The van der Waals surface area contributed by atoms with E-state index < -0.39 is 5.83 Å². The molecule has 0 aliphatic carbocycles. The summed E-state index contributed by atoms with van der Waals surface area (Å²) in [6.45, 7) is 3.47. The summed E-state index contributed by atoms with van der Waals surface area (Å²) < 4.78 is 39.0. The van der Waals surface area contributed by atoms with Crippen LogP contribution in [-0.2, 0) is 16.1 Å². The summed E-state index contributed by atoms with van der Waals surface area (Å²) in [6, 6.07) is 16.6. The van der Waals surface area contributed by atoms with Crippen molar-refractivity contribution in [2.45, 2.75) is 38.5 Å². The molecule has 0 bridgehead atoms. The first-order chi connectivity index (χ1) is 17.0. The number of halogens is 2. The van der Waals surface area contributed by atoms with Crippen molar-refractivity contribution in [1.29, 1.82) is 0 Å². The van der Waals surface area contributed by atoms with E-state index in [0.29, 0.717) is 25.1 Å². The molecule has 0 spiro atoms. The fourth-order valence-corrected chi connectivity index (χ4v) is 4.79. The van der Waals surface area contributed by atoms with Crippen LogP contribution in [0.25, 0.3) is 0 Å². The Labute approximate surface area is 210 Å². The highest BCUT2D eigenvalue weighted by Gasteiger charge is 2.21. The fraction of sp³-hybridized carbons (Fsp3) is 0.407. The van der Waals surface area contributed by atoms with Crippen molar-refractivity contribution in [3.8, 4) is 0 Å². The van der Waals surface area contributed by atoms with Gasteiger partial charge in [-0.3, -0.25) is 4.99 Å². The molecule has 0 saturated heterocycles. The number of ether oxygens (including phenoxy) is 2. The van der Waals surface area contributed by atoms with Crippen LogP contribution in [0.3, 0.4) is 0 Å². The molecule has 35 heavy (non-hydrogen) atoms. The first kappa shape index (κ1) is 26.9. The van der Waals surface area contributed by atoms with Crippen molar-refractivity contribution < 1.29 is 18.3 Å². The van der Waals surface area contributed by atoms with Gasteiger partial charge in [-0.25, -0.2) is 13.8 Å². The van der Waals surface area contributed by atoms with Gasteiger partial charge in [0.1, 0.15) is 5.82 Å². The summed E-state index contributed by atoms with van der Waals surface area (Å²) in [5, 5.41) is 0.901. The summed E-state index contributed by atoms with van der Waals surface area (Å²) in [4.78, 5) is 11.1. The molecular weight excluding hydrogens is 468 g/mol. The smallest absolute Gasteiger partial charge is 0.245 e. The van der Waals surface area contributed by atoms with Gasteiger partial charge in [-0.05, 0) is 37.5 Å². The zero-order chi connectivity index (χ0) is 25.0. The van der Waals surface area contributed by atoms with Crippen LogP contribution in [0.5, 0.6) is 0 Å². The highest BCUT2D eigenvalue weighted by Crippen LogP contribution is 2.26. The van der Waals surface area contributed by atoms with E-state index in [9.17, 15) is 8.78 Å². The molecule has 1 heterocycles. The van der Waals surface area contributed by atoms with Crippen LogP contribution in [0.15, 0.2) is 76.5 Å². The Kier molecular flexibility index (Phi) is 10.8. The average Bonchev–Trinajstić information content (AvgIpc) is 2.88. The number of aliphatic imine (C=N–C) groups is 2. The molecule has 2 atom stereocenters. The lowest BCUT2D eigenvalue weighted by Crippen LogP contribution is -2.34. The number of hydrogen-bond acceptors (Lipinski definition) is 5. The van der Waals surface area contributed by atoms with E-state index in [2.05, 4.69) is 14.9 Å². The Bertz CT molecular complexity index is 1030. The van der Waals surface area contributed by atoms with Gasteiger partial charge < -0.3 is 14.4 Å². The number of benzene rings is 2. The van der Waals surface area contributed by atoms with Crippen molar-refractivity contribution in [3.63, 3.8) is 0 Å². The minimum Gasteiger partial charge on any atom is -0.479 e. The van der Waals surface area contributed by atoms with E-state index in [1.807, 2.05) is 50.4 Å². The van der Waals surface area contributed by atoms with E-state index in [4.69, 9.17) is 9.47 Å². The molecule has 8 heteroatoms. The maximum atomic E-state index is 14.1. The summed E-state index contributed by atoms with van der Waals surface area (Å²) in [5.74, 6) is 0.148. The molecule has 1 aliphatic rings. The van der Waals surface area contributed by atoms with Crippen molar-refractivity contribution in [2.75, 3.05) is 33.0 Å². The van der Waals surface area contributed by atoms with Gasteiger partial charge in [0, 0.05) is 31.5 Å². The molecule has 188 valence electrons.